The zero-order chi connectivity index (χ0) is 28.2. The molecule has 41 heavy (non-hydrogen) atoms. The highest BCUT2D eigenvalue weighted by atomic mass is 19.3. The number of ether oxygens (including phenoxy) is 1. The minimum Gasteiger partial charge on any atom is -0.449 e. The summed E-state index contributed by atoms with van der Waals surface area (Å²) >= 11 is 0. The third-order valence-electron chi connectivity index (χ3n) is 9.96. The van der Waals surface area contributed by atoms with Gasteiger partial charge in [-0.3, -0.25) is 4.79 Å². The highest BCUT2D eigenvalue weighted by molar-refractivity contribution is 5.96. The van der Waals surface area contributed by atoms with Crippen molar-refractivity contribution in [3.8, 4) is 17.5 Å². The summed E-state index contributed by atoms with van der Waals surface area (Å²) in [7, 11) is 0. The van der Waals surface area contributed by atoms with E-state index in [1.807, 2.05) is 36.1 Å². The predicted molar refractivity (Wildman–Crippen MR) is 144 cm³/mol. The first-order valence-electron chi connectivity index (χ1n) is 14.9. The van der Waals surface area contributed by atoms with Crippen LogP contribution in [-0.2, 0) is 10.2 Å². The number of benzene rings is 1. The molecule has 5 aliphatic carbocycles. The summed E-state index contributed by atoms with van der Waals surface area (Å²) in [6.45, 7) is 2.79. The minimum atomic E-state index is -2.39. The van der Waals surface area contributed by atoms with E-state index >= 15 is 0 Å². The Bertz CT molecular complexity index is 1390. The quantitative estimate of drug-likeness (QED) is 0.280. The fourth-order valence-corrected chi connectivity index (χ4v) is 7.02. The van der Waals surface area contributed by atoms with Gasteiger partial charge in [-0.15, -0.1) is 5.10 Å². The molecule has 0 radical (unpaired) electrons. The molecule has 5 saturated carbocycles. The fraction of sp³-hybridized carbons (Fsp3) is 0.633. The van der Waals surface area contributed by atoms with Gasteiger partial charge in [0.15, 0.2) is 5.82 Å². The molecular weight excluding hydrogens is 532 g/mol. The van der Waals surface area contributed by atoms with Gasteiger partial charge in [0.05, 0.1) is 6.61 Å². The Morgan fingerprint density at radius 1 is 1.12 bits per heavy atom. The van der Waals surface area contributed by atoms with Gasteiger partial charge < -0.3 is 18.6 Å². The van der Waals surface area contributed by atoms with E-state index in [0.717, 1.165) is 63.1 Å². The van der Waals surface area contributed by atoms with Crippen LogP contribution in [0.3, 0.4) is 0 Å². The largest absolute Gasteiger partial charge is 0.449 e. The van der Waals surface area contributed by atoms with Crippen LogP contribution in [-0.4, -0.2) is 45.8 Å². The Hall–Kier alpha value is -3.37. The van der Waals surface area contributed by atoms with E-state index in [1.54, 1.807) is 0 Å². The maximum atomic E-state index is 13.9. The van der Waals surface area contributed by atoms with Crippen molar-refractivity contribution in [2.24, 2.45) is 17.3 Å². The van der Waals surface area contributed by atoms with Crippen molar-refractivity contribution in [3.05, 3.63) is 36.0 Å². The molecule has 2 aromatic heterocycles. The van der Waals surface area contributed by atoms with Crippen molar-refractivity contribution >= 4 is 11.6 Å². The number of rotatable bonds is 10. The summed E-state index contributed by atoms with van der Waals surface area (Å²) in [5.74, 6) is 1.21. The topological polar surface area (TPSA) is 107 Å². The van der Waals surface area contributed by atoms with Crippen LogP contribution in [0.25, 0.3) is 11.5 Å². The maximum Gasteiger partial charge on any atom is 0.414 e. The Morgan fingerprint density at radius 3 is 2.56 bits per heavy atom. The van der Waals surface area contributed by atoms with E-state index in [0.29, 0.717) is 36.2 Å². The normalized spacial score (nSPS) is 29.0. The van der Waals surface area contributed by atoms with Crippen LogP contribution in [0.4, 0.5) is 14.5 Å². The molecule has 1 aromatic carbocycles. The molecule has 1 amide bonds. The number of fused-ring (bicyclic) bond motifs is 3. The number of alkyl halides is 2. The van der Waals surface area contributed by atoms with E-state index in [1.165, 1.54) is 0 Å². The van der Waals surface area contributed by atoms with Gasteiger partial charge in [-0.05, 0) is 94.7 Å². The number of hydrogen-bond acceptors (Lipinski definition) is 8. The van der Waals surface area contributed by atoms with E-state index < -0.39 is 18.3 Å². The summed E-state index contributed by atoms with van der Waals surface area (Å²) in [5, 5.41) is 12.3. The van der Waals surface area contributed by atoms with Crippen molar-refractivity contribution in [2.75, 3.05) is 18.1 Å². The molecule has 5 aliphatic rings. The molecule has 0 aliphatic heterocycles. The second-order valence-corrected chi connectivity index (χ2v) is 12.6. The number of halogens is 2. The van der Waals surface area contributed by atoms with Crippen molar-refractivity contribution in [1.29, 1.82) is 0 Å². The van der Waals surface area contributed by atoms with E-state index in [9.17, 15) is 13.6 Å². The lowest BCUT2D eigenvalue weighted by Crippen LogP contribution is -2.53. The van der Waals surface area contributed by atoms with Gasteiger partial charge in [0.2, 0.25) is 18.2 Å². The van der Waals surface area contributed by atoms with Gasteiger partial charge in [0, 0.05) is 41.0 Å². The first-order valence-corrected chi connectivity index (χ1v) is 14.9. The van der Waals surface area contributed by atoms with Gasteiger partial charge in [-0.2, -0.15) is 4.98 Å². The Balaban J connectivity index is 1.13. The van der Waals surface area contributed by atoms with Crippen LogP contribution in [0.15, 0.2) is 33.2 Å². The summed E-state index contributed by atoms with van der Waals surface area (Å²) in [6, 6.07) is 7.47. The number of anilines is 1. The van der Waals surface area contributed by atoms with Gasteiger partial charge in [-0.1, -0.05) is 16.3 Å². The van der Waals surface area contributed by atoms with Gasteiger partial charge in [-0.25, -0.2) is 8.78 Å². The number of carbonyl (C=O) groups excluding carboxylic acids is 1. The molecule has 0 atom stereocenters. The molecule has 218 valence electrons. The molecule has 3 aromatic rings. The van der Waals surface area contributed by atoms with Crippen molar-refractivity contribution in [2.45, 2.75) is 88.9 Å². The standard InChI is InChI=1S/C30H35F2N5O4/c1-2-39-28-35-34-25(40-28)19-4-3-5-22(16-19)37(26(38)21-14-20(15-21)23(31)32)17-29-8-11-30(12-9-29,13-10-29)27-33-24(36-41-27)18-6-7-18/h3-5,16,18,20-21,23H,2,6-15,17H2,1H3. The van der Waals surface area contributed by atoms with E-state index in [2.05, 4.69) is 15.4 Å². The smallest absolute Gasteiger partial charge is 0.414 e. The molecule has 0 unspecified atom stereocenters. The molecule has 9 nitrogen and oxygen atoms in total. The summed E-state index contributed by atoms with van der Waals surface area (Å²) in [4.78, 5) is 20.6. The van der Waals surface area contributed by atoms with Crippen LogP contribution in [0.1, 0.15) is 88.8 Å². The highest BCUT2D eigenvalue weighted by Gasteiger charge is 2.54. The summed E-state index contributed by atoms with van der Waals surface area (Å²) in [6.07, 6.45) is 6.11. The van der Waals surface area contributed by atoms with Crippen LogP contribution < -0.4 is 9.64 Å². The van der Waals surface area contributed by atoms with E-state index in [4.69, 9.17) is 18.7 Å². The number of amides is 1. The van der Waals surface area contributed by atoms with Crippen LogP contribution in [0.5, 0.6) is 6.08 Å². The lowest BCUT2D eigenvalue weighted by atomic mass is 9.53. The second kappa shape index (κ2) is 10.2. The molecule has 2 bridgehead atoms. The number of aromatic nitrogens is 4. The molecule has 0 saturated heterocycles. The minimum absolute atomic E-state index is 0.0504. The zero-order valence-corrected chi connectivity index (χ0v) is 23.2. The molecule has 0 N–H and O–H groups in total. The zero-order valence-electron chi connectivity index (χ0n) is 23.2. The van der Waals surface area contributed by atoms with Crippen LogP contribution in [0.2, 0.25) is 0 Å². The van der Waals surface area contributed by atoms with Crippen molar-refractivity contribution in [1.82, 2.24) is 20.3 Å². The van der Waals surface area contributed by atoms with Gasteiger partial charge >= 0.3 is 6.08 Å². The molecule has 8 rings (SSSR count). The average molecular weight is 568 g/mol. The first kappa shape index (κ1) is 26.5. The number of hydrogen-bond donors (Lipinski definition) is 0. The molecule has 2 heterocycles. The third kappa shape index (κ3) is 4.91. The molecule has 5 fully saturated rings. The Labute approximate surface area is 237 Å². The third-order valence-corrected chi connectivity index (χ3v) is 9.96. The van der Waals surface area contributed by atoms with Crippen molar-refractivity contribution in [3.63, 3.8) is 0 Å². The van der Waals surface area contributed by atoms with E-state index in [-0.39, 0.29) is 35.7 Å². The van der Waals surface area contributed by atoms with Crippen LogP contribution >= 0.6 is 0 Å². The molecular formula is C30H35F2N5O4. The highest BCUT2D eigenvalue weighted by Crippen LogP contribution is 2.58. The number of carbonyl (C=O) groups is 1. The predicted octanol–water partition coefficient (Wildman–Crippen LogP) is 6.31. The molecule has 11 heteroatoms. The van der Waals surface area contributed by atoms with Gasteiger partial charge in [0.25, 0.3) is 5.89 Å². The average Bonchev–Trinajstić information content (AvgIpc) is 3.48. The van der Waals surface area contributed by atoms with Crippen LogP contribution in [0, 0.1) is 17.3 Å². The number of nitrogens with zero attached hydrogens (tertiary/aromatic N) is 5. The Kier molecular flexibility index (Phi) is 6.58. The van der Waals surface area contributed by atoms with Gasteiger partial charge in [0.1, 0.15) is 0 Å². The lowest BCUT2D eigenvalue weighted by Gasteiger charge is -2.53. The summed E-state index contributed by atoms with van der Waals surface area (Å²) < 4.78 is 43.3. The summed E-state index contributed by atoms with van der Waals surface area (Å²) in [5.41, 5.74) is 1.26. The fourth-order valence-electron chi connectivity index (χ4n) is 7.02. The van der Waals surface area contributed by atoms with Crippen molar-refractivity contribution < 1.29 is 27.3 Å². The monoisotopic (exact) mass is 567 g/mol. The second-order valence-electron chi connectivity index (χ2n) is 12.6. The lowest BCUT2D eigenvalue weighted by molar-refractivity contribution is -0.129. The SMILES string of the molecule is CCOc1nnc(-c2cccc(N(CC34CCC(c5nc(C6CC6)no5)(CC3)CC4)C(=O)C3CC(C(F)F)C3)c2)o1. The maximum absolute atomic E-state index is 13.9. The molecule has 0 spiro atoms. The Morgan fingerprint density at radius 2 is 1.88 bits per heavy atom. The first-order chi connectivity index (χ1) is 19.9.